The third-order valence-electron chi connectivity index (χ3n) is 2.59. The van der Waals surface area contributed by atoms with Crippen molar-refractivity contribution in [1.82, 2.24) is 9.62 Å². The van der Waals surface area contributed by atoms with Gasteiger partial charge >= 0.3 is 0 Å². The standard InChI is InChI=1S/C11H11FN2O3S3/c12-8-1-3-9(4-2-8)20(16,17)13-5-6-14-10(15)7-19-11(14)18/h1-4,13H,5-7H2. The smallest absolute Gasteiger partial charge is 0.240 e. The lowest BCUT2D eigenvalue weighted by atomic mass is 10.4. The molecule has 108 valence electrons. The van der Waals surface area contributed by atoms with Crippen LogP contribution < -0.4 is 4.72 Å². The van der Waals surface area contributed by atoms with Crippen LogP contribution in [0.1, 0.15) is 0 Å². The van der Waals surface area contributed by atoms with Gasteiger partial charge in [-0.15, -0.1) is 0 Å². The van der Waals surface area contributed by atoms with E-state index in [1.807, 2.05) is 0 Å². The number of thiocarbonyl (C=S) groups is 1. The number of nitrogens with one attached hydrogen (secondary N) is 1. The Hall–Kier alpha value is -1.03. The highest BCUT2D eigenvalue weighted by Crippen LogP contribution is 2.18. The molecule has 1 fully saturated rings. The molecule has 0 radical (unpaired) electrons. The van der Waals surface area contributed by atoms with Crippen LogP contribution in [-0.4, -0.2) is 42.4 Å². The fraction of sp³-hybridized carbons (Fsp3) is 0.273. The lowest BCUT2D eigenvalue weighted by Crippen LogP contribution is -2.37. The lowest BCUT2D eigenvalue weighted by Gasteiger charge is -2.15. The molecule has 9 heteroatoms. The molecule has 1 N–H and O–H groups in total. The van der Waals surface area contributed by atoms with Crippen LogP contribution >= 0.6 is 24.0 Å². The van der Waals surface area contributed by atoms with Crippen molar-refractivity contribution >= 4 is 44.2 Å². The van der Waals surface area contributed by atoms with E-state index in [4.69, 9.17) is 12.2 Å². The largest absolute Gasteiger partial charge is 0.296 e. The van der Waals surface area contributed by atoms with Crippen LogP contribution in [-0.2, 0) is 14.8 Å². The Bertz CT molecular complexity index is 615. The van der Waals surface area contributed by atoms with Gasteiger partial charge in [-0.1, -0.05) is 24.0 Å². The molecule has 0 aromatic heterocycles. The zero-order valence-electron chi connectivity index (χ0n) is 10.2. The Labute approximate surface area is 125 Å². The molecule has 1 aromatic carbocycles. The predicted molar refractivity (Wildman–Crippen MR) is 78.4 cm³/mol. The van der Waals surface area contributed by atoms with Crippen molar-refractivity contribution < 1.29 is 17.6 Å². The third-order valence-corrected chi connectivity index (χ3v) is 5.50. The monoisotopic (exact) mass is 334 g/mol. The zero-order chi connectivity index (χ0) is 14.8. The van der Waals surface area contributed by atoms with Crippen molar-refractivity contribution in [2.45, 2.75) is 4.90 Å². The molecule has 1 aromatic rings. The molecule has 0 bridgehead atoms. The number of amides is 1. The normalized spacial score (nSPS) is 15.9. The highest BCUT2D eigenvalue weighted by molar-refractivity contribution is 8.23. The molecule has 1 saturated heterocycles. The van der Waals surface area contributed by atoms with Gasteiger partial charge in [0.1, 0.15) is 10.1 Å². The average Bonchev–Trinajstić information content (AvgIpc) is 2.71. The highest BCUT2D eigenvalue weighted by Gasteiger charge is 2.26. The van der Waals surface area contributed by atoms with E-state index in [0.717, 1.165) is 12.1 Å². The van der Waals surface area contributed by atoms with Crippen LogP contribution in [0.5, 0.6) is 0 Å². The maximum absolute atomic E-state index is 12.7. The van der Waals surface area contributed by atoms with Gasteiger partial charge in [0, 0.05) is 13.1 Å². The van der Waals surface area contributed by atoms with E-state index >= 15 is 0 Å². The fourth-order valence-electron chi connectivity index (χ4n) is 1.59. The molecule has 5 nitrogen and oxygen atoms in total. The van der Waals surface area contributed by atoms with Crippen LogP contribution in [0.25, 0.3) is 0 Å². The van der Waals surface area contributed by atoms with Gasteiger partial charge in [0.05, 0.1) is 10.6 Å². The van der Waals surface area contributed by atoms with Crippen molar-refractivity contribution in [1.29, 1.82) is 0 Å². The van der Waals surface area contributed by atoms with Crippen molar-refractivity contribution in [3.05, 3.63) is 30.1 Å². The molecule has 1 heterocycles. The number of rotatable bonds is 5. The quantitative estimate of drug-likeness (QED) is 0.813. The second-order valence-electron chi connectivity index (χ2n) is 3.95. The van der Waals surface area contributed by atoms with Crippen molar-refractivity contribution in [2.24, 2.45) is 0 Å². The van der Waals surface area contributed by atoms with Gasteiger partial charge < -0.3 is 0 Å². The summed E-state index contributed by atoms with van der Waals surface area (Å²) >= 11 is 6.24. The minimum atomic E-state index is -3.71. The first-order valence-corrected chi connectivity index (χ1v) is 8.50. The number of carbonyl (C=O) groups is 1. The SMILES string of the molecule is O=C1CSC(=S)N1CCNS(=O)(=O)c1ccc(F)cc1. The van der Waals surface area contributed by atoms with Gasteiger partial charge in [0.2, 0.25) is 15.9 Å². The van der Waals surface area contributed by atoms with Gasteiger partial charge in [-0.25, -0.2) is 17.5 Å². The topological polar surface area (TPSA) is 66.5 Å². The first kappa shape index (κ1) is 15.4. The van der Waals surface area contributed by atoms with Crippen molar-refractivity contribution in [2.75, 3.05) is 18.8 Å². The summed E-state index contributed by atoms with van der Waals surface area (Å²) in [5.41, 5.74) is 0. The fourth-order valence-corrected chi connectivity index (χ4v) is 3.73. The minimum Gasteiger partial charge on any atom is -0.296 e. The molecule has 0 saturated carbocycles. The number of thioether (sulfide) groups is 1. The first-order chi connectivity index (χ1) is 9.40. The summed E-state index contributed by atoms with van der Waals surface area (Å²) in [5.74, 6) is -0.334. The molecule has 0 aliphatic carbocycles. The van der Waals surface area contributed by atoms with Crippen LogP contribution in [0.3, 0.4) is 0 Å². The van der Waals surface area contributed by atoms with E-state index in [2.05, 4.69) is 4.72 Å². The molecule has 2 rings (SSSR count). The van der Waals surface area contributed by atoms with Gasteiger partial charge in [0.25, 0.3) is 0 Å². The molecule has 0 unspecified atom stereocenters. The van der Waals surface area contributed by atoms with Crippen LogP contribution in [0, 0.1) is 5.82 Å². The van der Waals surface area contributed by atoms with E-state index in [1.54, 1.807) is 0 Å². The Morgan fingerprint density at radius 1 is 1.35 bits per heavy atom. The van der Waals surface area contributed by atoms with Gasteiger partial charge in [-0.3, -0.25) is 9.69 Å². The van der Waals surface area contributed by atoms with Crippen molar-refractivity contribution in [3.63, 3.8) is 0 Å². The second-order valence-corrected chi connectivity index (χ2v) is 7.33. The minimum absolute atomic E-state index is 0.0244. The molecule has 0 spiro atoms. The third kappa shape index (κ3) is 3.54. The summed E-state index contributed by atoms with van der Waals surface area (Å²) < 4.78 is 39.4. The molecule has 1 amide bonds. The summed E-state index contributed by atoms with van der Waals surface area (Å²) in [5, 5.41) is 0. The zero-order valence-corrected chi connectivity index (χ0v) is 12.7. The van der Waals surface area contributed by atoms with Gasteiger partial charge in [-0.05, 0) is 24.3 Å². The average molecular weight is 334 g/mol. The number of carbonyl (C=O) groups excluding carboxylic acids is 1. The molecular weight excluding hydrogens is 323 g/mol. The Kier molecular flexibility index (Phi) is 4.74. The predicted octanol–water partition coefficient (Wildman–Crippen LogP) is 0.964. The number of sulfonamides is 1. The summed E-state index contributed by atoms with van der Waals surface area (Å²) in [6.07, 6.45) is 0. The lowest BCUT2D eigenvalue weighted by molar-refractivity contribution is -0.123. The van der Waals surface area contributed by atoms with Gasteiger partial charge in [-0.2, -0.15) is 0 Å². The Balaban J connectivity index is 1.94. The van der Waals surface area contributed by atoms with Crippen LogP contribution in [0.4, 0.5) is 4.39 Å². The summed E-state index contributed by atoms with van der Waals surface area (Å²) in [4.78, 5) is 12.8. The maximum atomic E-state index is 12.7. The number of hydrogen-bond acceptors (Lipinski definition) is 5. The van der Waals surface area contributed by atoms with E-state index in [-0.39, 0.29) is 23.9 Å². The Morgan fingerprint density at radius 2 is 2.00 bits per heavy atom. The highest BCUT2D eigenvalue weighted by atomic mass is 32.2. The van der Waals surface area contributed by atoms with E-state index in [0.29, 0.717) is 10.1 Å². The number of hydrogen-bond donors (Lipinski definition) is 1. The molecule has 20 heavy (non-hydrogen) atoms. The summed E-state index contributed by atoms with van der Waals surface area (Å²) in [6.45, 7) is 0.233. The molecular formula is C11H11FN2O3S3. The number of benzene rings is 1. The number of halogens is 1. The summed E-state index contributed by atoms with van der Waals surface area (Å²) in [7, 11) is -3.71. The van der Waals surface area contributed by atoms with Gasteiger partial charge in [0.15, 0.2) is 0 Å². The van der Waals surface area contributed by atoms with Crippen LogP contribution in [0.2, 0.25) is 0 Å². The van der Waals surface area contributed by atoms with E-state index < -0.39 is 15.8 Å². The second kappa shape index (κ2) is 6.17. The molecule has 1 aliphatic rings. The van der Waals surface area contributed by atoms with E-state index in [1.165, 1.54) is 28.8 Å². The Morgan fingerprint density at radius 3 is 2.55 bits per heavy atom. The maximum Gasteiger partial charge on any atom is 0.240 e. The first-order valence-electron chi connectivity index (χ1n) is 5.62. The van der Waals surface area contributed by atoms with Crippen molar-refractivity contribution in [3.8, 4) is 0 Å². The summed E-state index contributed by atoms with van der Waals surface area (Å²) in [6, 6.07) is 4.51. The molecule has 0 atom stereocenters. The van der Waals surface area contributed by atoms with E-state index in [9.17, 15) is 17.6 Å². The van der Waals surface area contributed by atoms with Crippen LogP contribution in [0.15, 0.2) is 29.2 Å². The number of nitrogens with zero attached hydrogens (tertiary/aromatic N) is 1. The molecule has 1 aliphatic heterocycles.